The summed E-state index contributed by atoms with van der Waals surface area (Å²) in [4.78, 5) is 76.2. The standard InChI is InChI=1S/C38H47N5O9/c1-50-25-14-15-26-29(16-25)39-30(17-31(26)51-2)34(45)42-19-22-20-43-32(27(22)21-42)33(44)41-38(36(47)48)18-23(38)10-6-4-3-5-7-13-28(35(43)46)40-37(49)52-24-11-8-9-12-24/h6,10,14-17,22-24,27-28,32H,3-5,7-9,11-13,18-21H2,1-2H3,(H,40,49)(H,41,44)(H,47,48)/b10-6-/t22-,23-,27-,28+,32-,38+/m0/s1. The van der Waals surface area contributed by atoms with Crippen molar-refractivity contribution in [2.24, 2.45) is 17.8 Å². The Morgan fingerprint density at radius 3 is 2.52 bits per heavy atom. The van der Waals surface area contributed by atoms with Crippen LogP contribution in [0.1, 0.15) is 74.7 Å². The van der Waals surface area contributed by atoms with Gasteiger partial charge in [-0.3, -0.25) is 14.4 Å². The van der Waals surface area contributed by atoms with Crippen LogP contribution < -0.4 is 20.1 Å². The largest absolute Gasteiger partial charge is 0.497 e. The quantitative estimate of drug-likeness (QED) is 0.374. The summed E-state index contributed by atoms with van der Waals surface area (Å²) in [6.07, 6.45) is 10.2. The number of carboxylic acids is 1. The molecule has 7 rings (SSSR count). The number of carboxylic acid groups (broad SMARTS) is 1. The highest BCUT2D eigenvalue weighted by atomic mass is 16.6. The van der Waals surface area contributed by atoms with Crippen molar-refractivity contribution in [1.29, 1.82) is 0 Å². The number of allylic oxidation sites excluding steroid dienone is 1. The first kappa shape index (κ1) is 35.5. The molecule has 2 saturated heterocycles. The van der Waals surface area contributed by atoms with Crippen LogP contribution in [0.3, 0.4) is 0 Å². The van der Waals surface area contributed by atoms with E-state index in [0.717, 1.165) is 50.3 Å². The van der Waals surface area contributed by atoms with Crippen LogP contribution in [-0.2, 0) is 19.1 Å². The average Bonchev–Trinajstić information content (AvgIpc) is 3.47. The molecular weight excluding hydrogens is 670 g/mol. The summed E-state index contributed by atoms with van der Waals surface area (Å²) in [5, 5.41) is 16.6. The third-order valence-corrected chi connectivity index (χ3v) is 11.6. The number of hydrogen-bond donors (Lipinski definition) is 3. The number of aromatic nitrogens is 1. The van der Waals surface area contributed by atoms with Crippen molar-refractivity contribution in [2.75, 3.05) is 33.9 Å². The average molecular weight is 718 g/mol. The molecule has 52 heavy (non-hydrogen) atoms. The maximum atomic E-state index is 14.4. The van der Waals surface area contributed by atoms with E-state index < -0.39 is 47.4 Å². The summed E-state index contributed by atoms with van der Waals surface area (Å²) in [6.45, 7) is 0.571. The molecule has 14 nitrogen and oxygen atoms in total. The van der Waals surface area contributed by atoms with Crippen molar-refractivity contribution in [3.8, 4) is 11.5 Å². The molecule has 5 aliphatic rings. The number of alkyl carbamates (subject to hydrolysis) is 1. The van der Waals surface area contributed by atoms with Crippen LogP contribution in [0.25, 0.3) is 10.9 Å². The van der Waals surface area contributed by atoms with E-state index in [-0.39, 0.29) is 55.6 Å². The summed E-state index contributed by atoms with van der Waals surface area (Å²) in [5.74, 6) is -2.52. The van der Waals surface area contributed by atoms with Crippen LogP contribution in [0.5, 0.6) is 11.5 Å². The highest BCUT2D eigenvalue weighted by molar-refractivity contribution is 5.99. The molecule has 278 valence electrons. The van der Waals surface area contributed by atoms with Crippen LogP contribution in [0.2, 0.25) is 0 Å². The number of rotatable bonds is 6. The first-order valence-corrected chi connectivity index (χ1v) is 18.4. The number of likely N-dealkylation sites (tertiary alicyclic amines) is 1. The number of nitrogens with zero attached hydrogens (tertiary/aromatic N) is 3. The van der Waals surface area contributed by atoms with Crippen LogP contribution in [0.15, 0.2) is 36.4 Å². The predicted octanol–water partition coefficient (Wildman–Crippen LogP) is 3.67. The highest BCUT2D eigenvalue weighted by Crippen LogP contribution is 2.46. The zero-order chi connectivity index (χ0) is 36.6. The third kappa shape index (κ3) is 6.86. The molecule has 3 aliphatic heterocycles. The lowest BCUT2D eigenvalue weighted by Gasteiger charge is -2.32. The topological polar surface area (TPSA) is 177 Å². The van der Waals surface area contributed by atoms with E-state index in [1.165, 1.54) is 12.0 Å². The molecule has 2 aliphatic carbocycles. The second-order valence-electron chi connectivity index (χ2n) is 14.8. The fraction of sp³-hybridized carbons (Fsp3) is 0.579. The normalized spacial score (nSPS) is 29.9. The van der Waals surface area contributed by atoms with Gasteiger partial charge in [-0.2, -0.15) is 0 Å². The maximum absolute atomic E-state index is 14.4. The molecule has 1 aromatic carbocycles. The Morgan fingerprint density at radius 2 is 1.77 bits per heavy atom. The van der Waals surface area contributed by atoms with E-state index in [0.29, 0.717) is 29.9 Å². The minimum absolute atomic E-state index is 0.150. The first-order chi connectivity index (χ1) is 25.1. The van der Waals surface area contributed by atoms with E-state index in [9.17, 15) is 29.1 Å². The number of carbonyl (C=O) groups is 5. The number of fused-ring (bicyclic) bond motifs is 5. The van der Waals surface area contributed by atoms with Crippen molar-refractivity contribution >= 4 is 40.7 Å². The SMILES string of the molecule is COc1ccc2c(OC)cc(C(=O)N3C[C@H]4CN5C(=O)[C@H](NC(=O)OC6CCCC6)CCCCC/C=C\[C@H]6C[C@@]6(C(=O)O)NC(=O)[C@@H]5[C@H]4C3)nc2c1. The minimum Gasteiger partial charge on any atom is -0.497 e. The Kier molecular flexibility index (Phi) is 9.99. The van der Waals surface area contributed by atoms with Crippen molar-refractivity contribution in [3.05, 3.63) is 42.1 Å². The molecule has 1 aromatic heterocycles. The van der Waals surface area contributed by atoms with Gasteiger partial charge >= 0.3 is 12.1 Å². The van der Waals surface area contributed by atoms with Gasteiger partial charge in [0, 0.05) is 54.9 Å². The number of methoxy groups -OCH3 is 2. The zero-order valence-electron chi connectivity index (χ0n) is 29.7. The van der Waals surface area contributed by atoms with E-state index in [1.54, 1.807) is 30.2 Å². The second-order valence-corrected chi connectivity index (χ2v) is 14.8. The van der Waals surface area contributed by atoms with Gasteiger partial charge in [0.05, 0.1) is 19.7 Å². The van der Waals surface area contributed by atoms with Gasteiger partial charge in [0.25, 0.3) is 5.91 Å². The molecular formula is C38H47N5O9. The molecule has 0 spiro atoms. The summed E-state index contributed by atoms with van der Waals surface area (Å²) in [5.41, 5.74) is -0.778. The van der Waals surface area contributed by atoms with Gasteiger partial charge in [-0.1, -0.05) is 25.0 Å². The number of benzene rings is 1. The van der Waals surface area contributed by atoms with Crippen LogP contribution in [-0.4, -0.2) is 107 Å². The van der Waals surface area contributed by atoms with Crippen molar-refractivity contribution in [3.63, 3.8) is 0 Å². The lowest BCUT2D eigenvalue weighted by atomic mass is 9.93. The van der Waals surface area contributed by atoms with Gasteiger partial charge in [0.2, 0.25) is 11.8 Å². The Labute approximate surface area is 302 Å². The summed E-state index contributed by atoms with van der Waals surface area (Å²) < 4.78 is 16.6. The lowest BCUT2D eigenvalue weighted by Crippen LogP contribution is -2.58. The van der Waals surface area contributed by atoms with Crippen LogP contribution in [0.4, 0.5) is 4.79 Å². The van der Waals surface area contributed by atoms with Crippen molar-refractivity contribution < 1.29 is 43.3 Å². The maximum Gasteiger partial charge on any atom is 0.408 e. The number of carbonyl (C=O) groups excluding carboxylic acids is 4. The molecule has 2 saturated carbocycles. The molecule has 4 amide bonds. The Bertz CT molecular complexity index is 1780. The van der Waals surface area contributed by atoms with Gasteiger partial charge in [0.15, 0.2) is 0 Å². The monoisotopic (exact) mass is 717 g/mol. The number of aliphatic carboxylic acids is 1. The molecule has 2 aromatic rings. The van der Waals surface area contributed by atoms with Gasteiger partial charge in [-0.25, -0.2) is 14.6 Å². The van der Waals surface area contributed by atoms with E-state index >= 15 is 0 Å². The molecule has 3 N–H and O–H groups in total. The van der Waals surface area contributed by atoms with Crippen LogP contribution >= 0.6 is 0 Å². The fourth-order valence-corrected chi connectivity index (χ4v) is 8.61. The van der Waals surface area contributed by atoms with Crippen molar-refractivity contribution in [2.45, 2.75) is 87.9 Å². The second kappa shape index (κ2) is 14.6. The Balaban J connectivity index is 1.16. The number of hydrogen-bond acceptors (Lipinski definition) is 9. The van der Waals surface area contributed by atoms with Gasteiger partial charge in [0.1, 0.15) is 40.9 Å². The summed E-state index contributed by atoms with van der Waals surface area (Å²) in [6, 6.07) is 4.94. The molecule has 0 unspecified atom stereocenters. The van der Waals surface area contributed by atoms with Crippen LogP contribution in [0, 0.1) is 17.8 Å². The third-order valence-electron chi connectivity index (χ3n) is 11.6. The van der Waals surface area contributed by atoms with Gasteiger partial charge in [-0.15, -0.1) is 0 Å². The highest BCUT2D eigenvalue weighted by Gasteiger charge is 2.62. The molecule has 0 radical (unpaired) electrons. The zero-order valence-corrected chi connectivity index (χ0v) is 29.7. The smallest absolute Gasteiger partial charge is 0.408 e. The molecule has 14 heteroatoms. The first-order valence-electron chi connectivity index (χ1n) is 18.4. The number of nitrogens with one attached hydrogen (secondary N) is 2. The number of amides is 4. The molecule has 0 bridgehead atoms. The minimum atomic E-state index is -1.47. The summed E-state index contributed by atoms with van der Waals surface area (Å²) in [7, 11) is 3.07. The van der Waals surface area contributed by atoms with Gasteiger partial charge < -0.3 is 39.8 Å². The predicted molar refractivity (Wildman–Crippen MR) is 188 cm³/mol. The van der Waals surface area contributed by atoms with E-state index in [4.69, 9.17) is 14.2 Å². The summed E-state index contributed by atoms with van der Waals surface area (Å²) >= 11 is 0. The lowest BCUT2D eigenvalue weighted by molar-refractivity contribution is -0.146. The van der Waals surface area contributed by atoms with Gasteiger partial charge in [-0.05, 0) is 63.5 Å². The molecule has 6 atom stereocenters. The van der Waals surface area contributed by atoms with Crippen molar-refractivity contribution in [1.82, 2.24) is 25.4 Å². The Morgan fingerprint density at radius 1 is 0.981 bits per heavy atom. The van der Waals surface area contributed by atoms with E-state index in [1.807, 2.05) is 18.2 Å². The fourth-order valence-electron chi connectivity index (χ4n) is 8.61. The number of ether oxygens (including phenoxy) is 3. The molecule has 4 fully saturated rings. The Hall–Kier alpha value is -4.88. The number of pyridine rings is 1. The van der Waals surface area contributed by atoms with E-state index in [2.05, 4.69) is 15.6 Å². The molecule has 4 heterocycles.